The normalized spacial score (nSPS) is 17.7. The van der Waals surface area contributed by atoms with Crippen LogP contribution in [0.3, 0.4) is 0 Å². The second-order valence-corrected chi connectivity index (χ2v) is 7.47. The van der Waals surface area contributed by atoms with Crippen molar-refractivity contribution in [3.05, 3.63) is 100 Å². The third-order valence-corrected chi connectivity index (χ3v) is 5.43. The number of carbonyl (C=O) groups excluding carboxylic acids is 2. The molecule has 156 valence electrons. The molecule has 1 N–H and O–H groups in total. The number of para-hydroxylation sites is 1. The molecule has 6 nitrogen and oxygen atoms in total. The molecule has 31 heavy (non-hydrogen) atoms. The van der Waals surface area contributed by atoms with Gasteiger partial charge in [-0.05, 0) is 35.9 Å². The minimum Gasteiger partial charge on any atom is -0.507 e. The van der Waals surface area contributed by atoms with Crippen molar-refractivity contribution >= 4 is 29.1 Å². The summed E-state index contributed by atoms with van der Waals surface area (Å²) >= 11 is 6.07. The number of ether oxygens (including phenoxy) is 1. The largest absolute Gasteiger partial charge is 0.507 e. The van der Waals surface area contributed by atoms with Crippen LogP contribution in [0.5, 0.6) is 5.75 Å². The van der Waals surface area contributed by atoms with Gasteiger partial charge in [-0.1, -0.05) is 41.9 Å². The van der Waals surface area contributed by atoms with Crippen LogP contribution < -0.4 is 4.74 Å². The molecule has 4 rings (SSSR count). The Bertz CT molecular complexity index is 1180. The van der Waals surface area contributed by atoms with Gasteiger partial charge in [-0.3, -0.25) is 14.6 Å². The second kappa shape index (κ2) is 8.62. The Kier molecular flexibility index (Phi) is 5.73. The number of methoxy groups -OCH3 is 1. The van der Waals surface area contributed by atoms with Crippen molar-refractivity contribution in [2.24, 2.45) is 0 Å². The maximum Gasteiger partial charge on any atom is 0.295 e. The van der Waals surface area contributed by atoms with Crippen molar-refractivity contribution in [3.8, 4) is 5.75 Å². The number of aromatic nitrogens is 1. The number of hydrogen-bond donors (Lipinski definition) is 1. The van der Waals surface area contributed by atoms with Crippen molar-refractivity contribution in [1.29, 1.82) is 0 Å². The highest BCUT2D eigenvalue weighted by Crippen LogP contribution is 2.40. The van der Waals surface area contributed by atoms with E-state index in [0.717, 1.165) is 5.56 Å². The van der Waals surface area contributed by atoms with Gasteiger partial charge in [0.1, 0.15) is 11.5 Å². The predicted octanol–water partition coefficient (Wildman–Crippen LogP) is 4.37. The highest BCUT2D eigenvalue weighted by Gasteiger charge is 2.46. The summed E-state index contributed by atoms with van der Waals surface area (Å²) in [6, 6.07) is 16.5. The quantitative estimate of drug-likeness (QED) is 0.366. The fourth-order valence-electron chi connectivity index (χ4n) is 3.74. The van der Waals surface area contributed by atoms with Gasteiger partial charge in [0.25, 0.3) is 11.7 Å². The first kappa shape index (κ1) is 20.6. The lowest BCUT2D eigenvalue weighted by atomic mass is 9.96. The molecular formula is C24H19ClN2O4. The number of pyridine rings is 1. The van der Waals surface area contributed by atoms with Crippen molar-refractivity contribution in [2.75, 3.05) is 7.11 Å². The molecule has 1 saturated heterocycles. The Labute approximate surface area is 184 Å². The molecule has 1 amide bonds. The van der Waals surface area contributed by atoms with Gasteiger partial charge in [0.2, 0.25) is 0 Å². The van der Waals surface area contributed by atoms with E-state index in [9.17, 15) is 14.7 Å². The Balaban J connectivity index is 1.86. The maximum absolute atomic E-state index is 13.1. The van der Waals surface area contributed by atoms with E-state index < -0.39 is 17.7 Å². The van der Waals surface area contributed by atoms with Crippen LogP contribution in [0.2, 0.25) is 5.02 Å². The van der Waals surface area contributed by atoms with Crippen LogP contribution in [0.1, 0.15) is 22.7 Å². The molecule has 0 radical (unpaired) electrons. The number of likely N-dealkylation sites (tertiary alicyclic amines) is 1. The molecule has 1 aliphatic rings. The zero-order valence-electron chi connectivity index (χ0n) is 16.7. The van der Waals surface area contributed by atoms with Gasteiger partial charge in [-0.2, -0.15) is 0 Å². The van der Waals surface area contributed by atoms with Crippen molar-refractivity contribution in [2.45, 2.75) is 12.6 Å². The Hall–Kier alpha value is -3.64. The smallest absolute Gasteiger partial charge is 0.295 e. The van der Waals surface area contributed by atoms with Crippen LogP contribution in [-0.2, 0) is 16.1 Å². The second-order valence-electron chi connectivity index (χ2n) is 7.03. The summed E-state index contributed by atoms with van der Waals surface area (Å²) in [4.78, 5) is 31.6. The first-order chi connectivity index (χ1) is 15.0. The molecular weight excluding hydrogens is 416 g/mol. The molecule has 0 saturated carbocycles. The van der Waals surface area contributed by atoms with E-state index in [0.29, 0.717) is 21.9 Å². The number of carbonyl (C=O) groups is 2. The van der Waals surface area contributed by atoms with Gasteiger partial charge >= 0.3 is 0 Å². The number of hydrogen-bond acceptors (Lipinski definition) is 5. The van der Waals surface area contributed by atoms with Crippen molar-refractivity contribution in [1.82, 2.24) is 9.88 Å². The third kappa shape index (κ3) is 3.90. The Morgan fingerprint density at radius 3 is 2.55 bits per heavy atom. The lowest BCUT2D eigenvalue weighted by molar-refractivity contribution is -0.140. The highest BCUT2D eigenvalue weighted by molar-refractivity contribution is 6.46. The number of ketones is 1. The highest BCUT2D eigenvalue weighted by atomic mass is 35.5. The minimum atomic E-state index is -0.785. The lowest BCUT2D eigenvalue weighted by Crippen LogP contribution is -2.29. The molecule has 2 aromatic carbocycles. The van der Waals surface area contributed by atoms with Crippen LogP contribution in [0, 0.1) is 0 Å². The number of rotatable bonds is 5. The number of halogens is 1. The van der Waals surface area contributed by atoms with Crippen LogP contribution in [0.15, 0.2) is 78.6 Å². The maximum atomic E-state index is 13.1. The fourth-order valence-corrected chi connectivity index (χ4v) is 3.93. The zero-order chi connectivity index (χ0) is 22.0. The topological polar surface area (TPSA) is 79.7 Å². The molecule has 3 aromatic rings. The van der Waals surface area contributed by atoms with Crippen LogP contribution in [0.4, 0.5) is 0 Å². The predicted molar refractivity (Wildman–Crippen MR) is 117 cm³/mol. The fraction of sp³-hybridized carbons (Fsp3) is 0.125. The van der Waals surface area contributed by atoms with Gasteiger partial charge in [0.05, 0.1) is 25.3 Å². The summed E-state index contributed by atoms with van der Waals surface area (Å²) in [5.74, 6) is -1.12. The summed E-state index contributed by atoms with van der Waals surface area (Å²) < 4.78 is 5.41. The minimum absolute atomic E-state index is 0.00775. The molecule has 1 aliphatic heterocycles. The first-order valence-electron chi connectivity index (χ1n) is 9.57. The molecule has 1 unspecified atom stereocenters. The number of benzene rings is 2. The average molecular weight is 435 g/mol. The van der Waals surface area contributed by atoms with E-state index in [1.807, 2.05) is 18.2 Å². The van der Waals surface area contributed by atoms with E-state index in [1.54, 1.807) is 62.0 Å². The molecule has 0 spiro atoms. The van der Waals surface area contributed by atoms with E-state index in [2.05, 4.69) is 4.98 Å². The summed E-state index contributed by atoms with van der Waals surface area (Å²) in [5, 5.41) is 11.4. The average Bonchev–Trinajstić information content (AvgIpc) is 3.04. The number of Topliss-reactive ketones (excluding diaryl/α,β-unsaturated/α-hetero) is 1. The zero-order valence-corrected chi connectivity index (χ0v) is 17.4. The van der Waals surface area contributed by atoms with Crippen LogP contribution >= 0.6 is 11.6 Å². The molecule has 2 heterocycles. The monoisotopic (exact) mass is 434 g/mol. The van der Waals surface area contributed by atoms with Crippen LogP contribution in [-0.4, -0.2) is 33.8 Å². The molecule has 0 bridgehead atoms. The Morgan fingerprint density at radius 2 is 1.84 bits per heavy atom. The van der Waals surface area contributed by atoms with E-state index >= 15 is 0 Å². The molecule has 7 heteroatoms. The summed E-state index contributed by atoms with van der Waals surface area (Å²) in [7, 11) is 1.55. The van der Waals surface area contributed by atoms with Gasteiger partial charge in [-0.25, -0.2) is 0 Å². The number of nitrogens with zero attached hydrogens (tertiary/aromatic N) is 2. The molecule has 1 fully saturated rings. The van der Waals surface area contributed by atoms with Gasteiger partial charge in [0.15, 0.2) is 0 Å². The van der Waals surface area contributed by atoms with E-state index in [4.69, 9.17) is 16.3 Å². The van der Waals surface area contributed by atoms with Crippen molar-refractivity contribution < 1.29 is 19.4 Å². The standard InChI is InChI=1S/C24H19ClN2O4/c1-31-19-8-3-2-5-17(19)14-27-21(15-9-11-26-12-10-15)20(23(29)24(27)30)22(28)16-6-4-7-18(25)13-16/h2-13,21,28H,14H2,1H3/b22-20-. The Morgan fingerprint density at radius 1 is 1.10 bits per heavy atom. The summed E-state index contributed by atoms with van der Waals surface area (Å²) in [5.41, 5.74) is 1.77. The van der Waals surface area contributed by atoms with Gasteiger partial charge in [0, 0.05) is 28.5 Å². The third-order valence-electron chi connectivity index (χ3n) is 5.19. The molecule has 1 atom stereocenters. The number of aliphatic hydroxyl groups excluding tert-OH is 1. The van der Waals surface area contributed by atoms with E-state index in [-0.39, 0.29) is 17.9 Å². The molecule has 1 aromatic heterocycles. The molecule has 0 aliphatic carbocycles. The number of aliphatic hydroxyl groups is 1. The van der Waals surface area contributed by atoms with E-state index in [1.165, 1.54) is 4.90 Å². The summed E-state index contributed by atoms with van der Waals surface area (Å²) in [6.45, 7) is 0.133. The van der Waals surface area contributed by atoms with Gasteiger partial charge in [-0.15, -0.1) is 0 Å². The SMILES string of the molecule is COc1ccccc1CN1C(=O)C(=O)/C(=C(\O)c2cccc(Cl)c2)C1c1ccncc1. The first-order valence-corrected chi connectivity index (χ1v) is 9.95. The summed E-state index contributed by atoms with van der Waals surface area (Å²) in [6.07, 6.45) is 3.16. The van der Waals surface area contributed by atoms with Crippen molar-refractivity contribution in [3.63, 3.8) is 0 Å². The lowest BCUT2D eigenvalue weighted by Gasteiger charge is -2.26. The number of amides is 1. The van der Waals surface area contributed by atoms with Gasteiger partial charge < -0.3 is 14.7 Å². The van der Waals surface area contributed by atoms with Crippen LogP contribution in [0.25, 0.3) is 5.76 Å².